The molecule has 142 valence electrons. The predicted octanol–water partition coefficient (Wildman–Crippen LogP) is 2.28. The van der Waals surface area contributed by atoms with Crippen LogP contribution in [0.15, 0.2) is 4.99 Å². The van der Waals surface area contributed by atoms with E-state index in [0.29, 0.717) is 32.0 Å². The summed E-state index contributed by atoms with van der Waals surface area (Å²) in [5.74, 6) is 1.52. The molecule has 0 aromatic carbocycles. The summed E-state index contributed by atoms with van der Waals surface area (Å²) in [6, 6.07) is 0. The first-order chi connectivity index (χ1) is 11.0. The van der Waals surface area contributed by atoms with Gasteiger partial charge < -0.3 is 20.7 Å². The Bertz CT molecular complexity index is 383. The Morgan fingerprint density at radius 3 is 2.38 bits per heavy atom. The lowest BCUT2D eigenvalue weighted by Gasteiger charge is -2.21. The van der Waals surface area contributed by atoms with Crippen LogP contribution in [0.25, 0.3) is 0 Å². The second kappa shape index (κ2) is 12.7. The van der Waals surface area contributed by atoms with Crippen LogP contribution in [0.2, 0.25) is 0 Å². The number of nitrogens with zero attached hydrogens (tertiary/aromatic N) is 1. The van der Waals surface area contributed by atoms with Gasteiger partial charge >= 0.3 is 0 Å². The molecule has 6 nitrogen and oxygen atoms in total. The van der Waals surface area contributed by atoms with Crippen molar-refractivity contribution in [3.05, 3.63) is 0 Å². The molecule has 0 aromatic heterocycles. The van der Waals surface area contributed by atoms with Gasteiger partial charge in [-0.05, 0) is 39.5 Å². The molecule has 24 heavy (non-hydrogen) atoms. The molecule has 0 unspecified atom stereocenters. The molecule has 0 bridgehead atoms. The smallest absolute Gasteiger partial charge is 0.220 e. The molecular weight excluding hydrogens is 419 g/mol. The minimum atomic E-state index is -0.280. The zero-order chi connectivity index (χ0) is 17.1. The Hall–Kier alpha value is -0.570. The molecule has 0 radical (unpaired) electrons. The van der Waals surface area contributed by atoms with Crippen molar-refractivity contribution < 1.29 is 9.53 Å². The van der Waals surface area contributed by atoms with E-state index in [-0.39, 0.29) is 35.5 Å². The fourth-order valence-electron chi connectivity index (χ4n) is 2.61. The fourth-order valence-corrected chi connectivity index (χ4v) is 2.61. The first-order valence-corrected chi connectivity index (χ1v) is 8.81. The second-order valence-electron chi connectivity index (χ2n) is 6.79. The van der Waals surface area contributed by atoms with Gasteiger partial charge in [-0.3, -0.25) is 9.79 Å². The average molecular weight is 454 g/mol. The highest BCUT2D eigenvalue weighted by Gasteiger charge is 2.18. The molecule has 0 spiro atoms. The van der Waals surface area contributed by atoms with Crippen molar-refractivity contribution in [2.24, 2.45) is 10.9 Å². The van der Waals surface area contributed by atoms with Crippen molar-refractivity contribution >= 4 is 35.8 Å². The van der Waals surface area contributed by atoms with Crippen molar-refractivity contribution in [3.8, 4) is 0 Å². The number of carbonyl (C=O) groups excluding carboxylic acids is 1. The van der Waals surface area contributed by atoms with E-state index >= 15 is 0 Å². The molecule has 0 atom stereocenters. The fraction of sp³-hybridized carbons (Fsp3) is 0.882. The van der Waals surface area contributed by atoms with Crippen molar-refractivity contribution in [3.63, 3.8) is 0 Å². The third-order valence-electron chi connectivity index (χ3n) is 4.20. The summed E-state index contributed by atoms with van der Waals surface area (Å²) >= 11 is 0. The standard InChI is InChI=1S/C17H34N4O2.HI/c1-5-18-16(21-13-17(2,3)23-4)20-11-10-19-15(22)12-14-8-6-7-9-14;/h14H,5-13H2,1-4H3,(H,19,22)(H2,18,20,21);1H. The number of amides is 1. The van der Waals surface area contributed by atoms with Crippen LogP contribution in [0.4, 0.5) is 0 Å². The number of aliphatic imine (C=N–C) groups is 1. The SMILES string of the molecule is CCNC(=NCC(C)(C)OC)NCCNC(=O)CC1CCCC1.I. The number of rotatable bonds is 9. The Morgan fingerprint density at radius 1 is 1.17 bits per heavy atom. The summed E-state index contributed by atoms with van der Waals surface area (Å²) < 4.78 is 5.37. The molecule has 3 N–H and O–H groups in total. The van der Waals surface area contributed by atoms with Gasteiger partial charge in [-0.25, -0.2) is 0 Å². The number of nitrogens with one attached hydrogen (secondary N) is 3. The van der Waals surface area contributed by atoms with Crippen LogP contribution in [0, 0.1) is 5.92 Å². The van der Waals surface area contributed by atoms with Crippen LogP contribution in [-0.4, -0.2) is 50.8 Å². The Balaban J connectivity index is 0.00000529. The minimum absolute atomic E-state index is 0. The van der Waals surface area contributed by atoms with Crippen molar-refractivity contribution in [1.29, 1.82) is 0 Å². The van der Waals surface area contributed by atoms with E-state index in [0.717, 1.165) is 12.5 Å². The molecular formula is C17H35IN4O2. The molecule has 1 fully saturated rings. The summed E-state index contributed by atoms with van der Waals surface area (Å²) in [6.07, 6.45) is 5.65. The van der Waals surface area contributed by atoms with E-state index in [9.17, 15) is 4.79 Å². The lowest BCUT2D eigenvalue weighted by atomic mass is 10.0. The highest BCUT2D eigenvalue weighted by atomic mass is 127. The van der Waals surface area contributed by atoms with Crippen molar-refractivity contribution in [1.82, 2.24) is 16.0 Å². The summed E-state index contributed by atoms with van der Waals surface area (Å²) in [5, 5.41) is 9.41. The van der Waals surface area contributed by atoms with Gasteiger partial charge in [-0.2, -0.15) is 0 Å². The van der Waals surface area contributed by atoms with Crippen LogP contribution < -0.4 is 16.0 Å². The molecule has 1 aliphatic carbocycles. The molecule has 1 saturated carbocycles. The molecule has 0 heterocycles. The Morgan fingerprint density at radius 2 is 1.79 bits per heavy atom. The van der Waals surface area contributed by atoms with Gasteiger partial charge in [0.2, 0.25) is 5.91 Å². The third kappa shape index (κ3) is 10.3. The topological polar surface area (TPSA) is 74.8 Å². The normalized spacial score (nSPS) is 15.8. The first kappa shape index (κ1) is 23.4. The van der Waals surface area contributed by atoms with Gasteiger partial charge in [0.1, 0.15) is 0 Å². The van der Waals surface area contributed by atoms with Gasteiger partial charge in [0.15, 0.2) is 5.96 Å². The highest BCUT2D eigenvalue weighted by Crippen LogP contribution is 2.27. The number of carbonyl (C=O) groups is 1. The predicted molar refractivity (Wildman–Crippen MR) is 110 cm³/mol. The molecule has 1 rings (SSSR count). The third-order valence-corrected chi connectivity index (χ3v) is 4.20. The van der Waals surface area contributed by atoms with E-state index in [1.54, 1.807) is 7.11 Å². The van der Waals surface area contributed by atoms with E-state index in [2.05, 4.69) is 20.9 Å². The Kier molecular flexibility index (Phi) is 12.4. The summed E-state index contributed by atoms with van der Waals surface area (Å²) in [5.41, 5.74) is -0.280. The van der Waals surface area contributed by atoms with Crippen LogP contribution in [0.1, 0.15) is 52.9 Å². The van der Waals surface area contributed by atoms with E-state index in [4.69, 9.17) is 4.74 Å². The number of hydrogen-bond acceptors (Lipinski definition) is 3. The van der Waals surface area contributed by atoms with Crippen molar-refractivity contribution in [2.75, 3.05) is 33.3 Å². The quantitative estimate of drug-likeness (QED) is 0.216. The summed E-state index contributed by atoms with van der Waals surface area (Å²) in [7, 11) is 1.69. The molecule has 1 amide bonds. The number of hydrogen-bond donors (Lipinski definition) is 3. The van der Waals surface area contributed by atoms with Gasteiger partial charge in [0.25, 0.3) is 0 Å². The second-order valence-corrected chi connectivity index (χ2v) is 6.79. The molecule has 1 aliphatic rings. The van der Waals surface area contributed by atoms with Crippen molar-refractivity contribution in [2.45, 2.75) is 58.5 Å². The van der Waals surface area contributed by atoms with E-state index in [1.165, 1.54) is 25.7 Å². The summed E-state index contributed by atoms with van der Waals surface area (Å²) in [6.45, 7) is 8.69. The largest absolute Gasteiger partial charge is 0.377 e. The zero-order valence-electron chi connectivity index (χ0n) is 15.6. The maximum Gasteiger partial charge on any atom is 0.220 e. The maximum absolute atomic E-state index is 11.9. The van der Waals surface area contributed by atoms with Gasteiger partial charge in [0, 0.05) is 33.2 Å². The van der Waals surface area contributed by atoms with E-state index < -0.39 is 0 Å². The van der Waals surface area contributed by atoms with Crippen LogP contribution in [-0.2, 0) is 9.53 Å². The van der Waals surface area contributed by atoms with Crippen LogP contribution >= 0.6 is 24.0 Å². The monoisotopic (exact) mass is 454 g/mol. The maximum atomic E-state index is 11.9. The van der Waals surface area contributed by atoms with Gasteiger partial charge in [0.05, 0.1) is 12.1 Å². The highest BCUT2D eigenvalue weighted by molar-refractivity contribution is 14.0. The lowest BCUT2D eigenvalue weighted by Crippen LogP contribution is -2.42. The van der Waals surface area contributed by atoms with Crippen LogP contribution in [0.5, 0.6) is 0 Å². The number of methoxy groups -OCH3 is 1. The van der Waals surface area contributed by atoms with Gasteiger partial charge in [-0.15, -0.1) is 24.0 Å². The summed E-state index contributed by atoms with van der Waals surface area (Å²) in [4.78, 5) is 16.4. The zero-order valence-corrected chi connectivity index (χ0v) is 17.9. The molecule has 0 aromatic rings. The van der Waals surface area contributed by atoms with E-state index in [1.807, 2.05) is 20.8 Å². The number of ether oxygens (including phenoxy) is 1. The average Bonchev–Trinajstić information content (AvgIpc) is 3.02. The minimum Gasteiger partial charge on any atom is -0.377 e. The van der Waals surface area contributed by atoms with Crippen LogP contribution in [0.3, 0.4) is 0 Å². The number of halogens is 1. The molecule has 7 heteroatoms. The molecule has 0 aliphatic heterocycles. The van der Waals surface area contributed by atoms with Gasteiger partial charge in [-0.1, -0.05) is 12.8 Å². The first-order valence-electron chi connectivity index (χ1n) is 8.81. The molecule has 0 saturated heterocycles. The number of guanidine groups is 1. The Labute approximate surface area is 164 Å². The lowest BCUT2D eigenvalue weighted by molar-refractivity contribution is -0.121.